The van der Waals surface area contributed by atoms with Crippen molar-refractivity contribution in [3.63, 3.8) is 0 Å². The topological polar surface area (TPSA) is 23.1 Å². The Kier molecular flexibility index (Phi) is 2.32. The largest absolute Gasteiger partial charge is 0.632 e. The van der Waals surface area contributed by atoms with E-state index in [1.165, 1.54) is 0 Å². The maximum absolute atomic E-state index is 12.1. The molecule has 0 aromatic rings. The lowest BCUT2D eigenvalue weighted by atomic mass is 9.69. The lowest BCUT2D eigenvalue weighted by molar-refractivity contribution is -0.822. The number of piperidine rings is 1. The molecule has 0 aromatic heterocycles. The van der Waals surface area contributed by atoms with Crippen molar-refractivity contribution in [2.45, 2.75) is 46.1 Å². The second kappa shape index (κ2) is 2.67. The maximum atomic E-state index is 12.1. The van der Waals surface area contributed by atoms with Gasteiger partial charge >= 0.3 is 0 Å². The lowest BCUT2D eigenvalue weighted by Crippen LogP contribution is -2.61. The summed E-state index contributed by atoms with van der Waals surface area (Å²) in [6, 6.07) is 0. The van der Waals surface area contributed by atoms with E-state index < -0.39 is 0 Å². The molecule has 72 valence electrons. The van der Waals surface area contributed by atoms with Crippen LogP contribution in [0.3, 0.4) is 0 Å². The number of hydroxylamine groups is 2. The molecule has 0 amide bonds. The molecule has 0 radical (unpaired) electrons. The van der Waals surface area contributed by atoms with Crippen LogP contribution in [0.2, 0.25) is 0 Å². The summed E-state index contributed by atoms with van der Waals surface area (Å²) in [5.74, 6) is 0. The van der Waals surface area contributed by atoms with E-state index in [1.807, 2.05) is 0 Å². The van der Waals surface area contributed by atoms with Crippen LogP contribution in [0.4, 0.5) is 0 Å². The predicted molar refractivity (Wildman–Crippen MR) is 55.3 cm³/mol. The fourth-order valence-corrected chi connectivity index (χ4v) is 2.39. The Morgan fingerprint density at radius 1 is 1.25 bits per heavy atom. The van der Waals surface area contributed by atoms with Gasteiger partial charge in [-0.05, 0) is 26.7 Å². The minimum atomic E-state index is -0.185. The normalized spacial score (nSPS) is 39.5. The molecule has 1 saturated heterocycles. The summed E-state index contributed by atoms with van der Waals surface area (Å²) in [6.07, 6.45) is 2.21. The zero-order valence-corrected chi connectivity index (χ0v) is 9.71. The van der Waals surface area contributed by atoms with Crippen LogP contribution in [0.5, 0.6) is 0 Å². The van der Waals surface area contributed by atoms with Gasteiger partial charge in [0.1, 0.15) is 0 Å². The molecule has 1 aliphatic rings. The van der Waals surface area contributed by atoms with Gasteiger partial charge in [0.25, 0.3) is 0 Å². The molecular weight excluding hydrogens is 169 g/mol. The molecule has 0 saturated carbocycles. The minimum absolute atomic E-state index is 0.148. The molecule has 0 spiro atoms. The molecule has 0 bridgehead atoms. The fraction of sp³-hybridized carbons (Fsp3) is 1.00. The summed E-state index contributed by atoms with van der Waals surface area (Å²) in [6.45, 7) is 9.28. The Morgan fingerprint density at radius 2 is 1.75 bits per heavy atom. The molecule has 12 heavy (non-hydrogen) atoms. The van der Waals surface area contributed by atoms with E-state index in [4.69, 9.17) is 0 Å². The first-order chi connectivity index (χ1) is 5.21. The second-order valence-electron chi connectivity index (χ2n) is 5.07. The summed E-state index contributed by atoms with van der Waals surface area (Å²) >= 11 is 0. The molecule has 3 heteroatoms. The van der Waals surface area contributed by atoms with Crippen molar-refractivity contribution in [3.05, 3.63) is 5.21 Å². The van der Waals surface area contributed by atoms with E-state index in [-0.39, 0.29) is 15.4 Å². The van der Waals surface area contributed by atoms with Crippen LogP contribution in [0, 0.1) is 10.6 Å². The number of quaternary nitrogens is 1. The minimum Gasteiger partial charge on any atom is -0.632 e. The monoisotopic (exact) mass is 189 g/mol. The molecule has 1 rings (SSSR count). The molecule has 1 heterocycles. The van der Waals surface area contributed by atoms with Gasteiger partial charge in [-0.2, -0.15) is 0 Å². The Balaban J connectivity index is 2.99. The second-order valence-corrected chi connectivity index (χ2v) is 5.90. The lowest BCUT2D eigenvalue weighted by Gasteiger charge is -2.60. The van der Waals surface area contributed by atoms with Crippen molar-refractivity contribution >= 4 is 9.39 Å². The van der Waals surface area contributed by atoms with E-state index in [1.54, 1.807) is 0 Å². The first kappa shape index (κ1) is 10.4. The number of hydrogen-bond acceptors (Lipinski definition) is 1. The van der Waals surface area contributed by atoms with Crippen LogP contribution in [0.25, 0.3) is 0 Å². The summed E-state index contributed by atoms with van der Waals surface area (Å²) in [4.78, 5) is 0. The SMILES string of the molecule is CC1(C)CCC[N+]([O-])(P)C1(C)C. The Bertz CT molecular complexity index is 169. The van der Waals surface area contributed by atoms with E-state index >= 15 is 0 Å². The molecule has 2 nitrogen and oxygen atoms in total. The maximum Gasteiger partial charge on any atom is 0.0990 e. The van der Waals surface area contributed by atoms with E-state index in [9.17, 15) is 5.21 Å². The van der Waals surface area contributed by atoms with Crippen LogP contribution >= 0.6 is 9.39 Å². The average molecular weight is 189 g/mol. The smallest absolute Gasteiger partial charge is 0.0990 e. The van der Waals surface area contributed by atoms with Gasteiger partial charge in [0, 0.05) is 5.41 Å². The Labute approximate surface area is 77.8 Å². The van der Waals surface area contributed by atoms with E-state index in [0.29, 0.717) is 0 Å². The first-order valence-electron chi connectivity index (χ1n) is 4.58. The average Bonchev–Trinajstić information content (AvgIpc) is 1.83. The zero-order chi connectivity index (χ0) is 9.62. The first-order valence-corrected chi connectivity index (χ1v) is 5.10. The molecule has 0 aliphatic carbocycles. The van der Waals surface area contributed by atoms with Crippen LogP contribution in [-0.4, -0.2) is 16.5 Å². The Hall–Kier alpha value is 0.350. The van der Waals surface area contributed by atoms with Crippen molar-refractivity contribution in [2.24, 2.45) is 5.41 Å². The number of hydrogen-bond donors (Lipinski definition) is 0. The fourth-order valence-electron chi connectivity index (χ4n) is 1.85. The van der Waals surface area contributed by atoms with Crippen molar-refractivity contribution < 1.29 is 4.42 Å². The molecule has 1 fully saturated rings. The van der Waals surface area contributed by atoms with Crippen molar-refractivity contribution in [1.82, 2.24) is 0 Å². The number of nitrogens with zero attached hydrogens (tertiary/aromatic N) is 1. The summed E-state index contributed by atoms with van der Waals surface area (Å²) < 4.78 is -0.167. The predicted octanol–water partition coefficient (Wildman–Crippen LogP) is 2.69. The van der Waals surface area contributed by atoms with Gasteiger partial charge in [-0.1, -0.05) is 13.8 Å². The third-order valence-electron chi connectivity index (χ3n) is 3.89. The Morgan fingerprint density at radius 3 is 2.08 bits per heavy atom. The quantitative estimate of drug-likeness (QED) is 0.424. The molecule has 0 aromatic carbocycles. The zero-order valence-electron chi connectivity index (χ0n) is 8.55. The van der Waals surface area contributed by atoms with Crippen LogP contribution in [0.15, 0.2) is 0 Å². The third-order valence-corrected chi connectivity index (χ3v) is 4.80. The highest BCUT2D eigenvalue weighted by Crippen LogP contribution is 2.49. The van der Waals surface area contributed by atoms with Gasteiger partial charge in [-0.3, -0.25) is 0 Å². The summed E-state index contributed by atoms with van der Waals surface area (Å²) in [7, 11) is 2.46. The highest BCUT2D eigenvalue weighted by molar-refractivity contribution is 7.09. The van der Waals surface area contributed by atoms with Gasteiger partial charge in [-0.25, -0.2) is 0 Å². The van der Waals surface area contributed by atoms with Crippen molar-refractivity contribution in [1.29, 1.82) is 0 Å². The molecule has 1 aliphatic heterocycles. The highest BCUT2D eigenvalue weighted by atomic mass is 31.0. The van der Waals surface area contributed by atoms with Crippen molar-refractivity contribution in [2.75, 3.05) is 6.54 Å². The van der Waals surface area contributed by atoms with Gasteiger partial charge in [0.2, 0.25) is 0 Å². The van der Waals surface area contributed by atoms with Crippen LogP contribution < -0.4 is 0 Å². The van der Waals surface area contributed by atoms with E-state index in [0.717, 1.165) is 19.4 Å². The van der Waals surface area contributed by atoms with Gasteiger partial charge in [0.05, 0.1) is 21.5 Å². The summed E-state index contributed by atoms with van der Waals surface area (Å²) in [5, 5.41) is 12.1. The third kappa shape index (κ3) is 1.30. The standard InChI is InChI=1S/C9H20NOP/c1-8(2)6-5-7-10(11,12)9(8,3)4/h5-7,12H2,1-4H3. The molecular formula is C9H20NOP. The van der Waals surface area contributed by atoms with Crippen molar-refractivity contribution in [3.8, 4) is 0 Å². The highest BCUT2D eigenvalue weighted by Gasteiger charge is 2.49. The summed E-state index contributed by atoms with van der Waals surface area (Å²) in [5.41, 5.74) is -0.0370. The van der Waals surface area contributed by atoms with E-state index in [2.05, 4.69) is 37.1 Å². The van der Waals surface area contributed by atoms with Gasteiger partial charge < -0.3 is 9.62 Å². The van der Waals surface area contributed by atoms with Gasteiger partial charge in [0.15, 0.2) is 0 Å². The van der Waals surface area contributed by atoms with Gasteiger partial charge in [-0.15, -0.1) is 0 Å². The molecule has 2 atom stereocenters. The molecule has 2 unspecified atom stereocenters. The number of rotatable bonds is 0. The van der Waals surface area contributed by atoms with Crippen LogP contribution in [-0.2, 0) is 0 Å². The van der Waals surface area contributed by atoms with Crippen LogP contribution in [0.1, 0.15) is 40.5 Å². The molecule has 0 N–H and O–H groups in total.